The maximum atomic E-state index is 5.65. The Hall–Kier alpha value is -2.14. The molecule has 0 spiro atoms. The molecule has 1 heterocycles. The van der Waals surface area contributed by atoms with Crippen LogP contribution in [-0.2, 0) is 0 Å². The number of benzene rings is 1. The van der Waals surface area contributed by atoms with Gasteiger partial charge in [0.05, 0.1) is 6.61 Å². The molecule has 116 valence electrons. The molecule has 1 aromatic carbocycles. The third kappa shape index (κ3) is 6.54. The molecule has 2 aromatic rings. The summed E-state index contributed by atoms with van der Waals surface area (Å²) in [6.45, 7) is 1.62. The van der Waals surface area contributed by atoms with Crippen molar-refractivity contribution in [1.82, 2.24) is 10.3 Å². The van der Waals surface area contributed by atoms with Crippen LogP contribution in [0, 0.1) is 0 Å². The predicted molar refractivity (Wildman–Crippen MR) is 94.2 cm³/mol. The van der Waals surface area contributed by atoms with Crippen LogP contribution in [0.3, 0.4) is 0 Å². The van der Waals surface area contributed by atoms with Crippen LogP contribution in [0.2, 0.25) is 0 Å². The van der Waals surface area contributed by atoms with Gasteiger partial charge in [0.25, 0.3) is 0 Å². The molecule has 2 N–H and O–H groups in total. The Kier molecular flexibility index (Phi) is 7.18. The van der Waals surface area contributed by atoms with Crippen molar-refractivity contribution in [2.24, 2.45) is 0 Å². The average molecular weight is 315 g/mol. The number of para-hydroxylation sites is 1. The van der Waals surface area contributed by atoms with E-state index in [1.54, 1.807) is 12.4 Å². The monoisotopic (exact) mass is 315 g/mol. The van der Waals surface area contributed by atoms with E-state index in [9.17, 15) is 0 Å². The van der Waals surface area contributed by atoms with Crippen molar-refractivity contribution in [3.05, 3.63) is 54.9 Å². The Morgan fingerprint density at radius 1 is 1.00 bits per heavy atom. The lowest BCUT2D eigenvalue weighted by Crippen LogP contribution is -2.29. The van der Waals surface area contributed by atoms with Gasteiger partial charge in [-0.05, 0) is 55.7 Å². The first-order valence-electron chi connectivity index (χ1n) is 7.47. The Labute approximate surface area is 136 Å². The van der Waals surface area contributed by atoms with E-state index in [0.717, 1.165) is 43.9 Å². The molecule has 0 saturated heterocycles. The smallest absolute Gasteiger partial charge is 0.170 e. The van der Waals surface area contributed by atoms with Gasteiger partial charge in [-0.15, -0.1) is 0 Å². The minimum Gasteiger partial charge on any atom is -0.494 e. The molecular formula is C17H21N3OS. The Morgan fingerprint density at radius 2 is 1.77 bits per heavy atom. The summed E-state index contributed by atoms with van der Waals surface area (Å²) in [5.74, 6) is 0.934. The van der Waals surface area contributed by atoms with Gasteiger partial charge in [0, 0.05) is 24.6 Å². The third-order valence-electron chi connectivity index (χ3n) is 3.06. The van der Waals surface area contributed by atoms with Gasteiger partial charge in [0.2, 0.25) is 0 Å². The first-order chi connectivity index (χ1) is 10.8. The van der Waals surface area contributed by atoms with Crippen molar-refractivity contribution in [2.75, 3.05) is 18.5 Å². The maximum absolute atomic E-state index is 5.65. The zero-order chi connectivity index (χ0) is 15.5. The normalized spacial score (nSPS) is 10.0. The molecule has 0 aliphatic carbocycles. The van der Waals surface area contributed by atoms with Crippen LogP contribution in [0.5, 0.6) is 5.75 Å². The van der Waals surface area contributed by atoms with Crippen molar-refractivity contribution in [3.63, 3.8) is 0 Å². The lowest BCUT2D eigenvalue weighted by molar-refractivity contribution is 0.305. The quantitative estimate of drug-likeness (QED) is 0.575. The van der Waals surface area contributed by atoms with E-state index in [1.807, 2.05) is 42.5 Å². The second-order valence-electron chi connectivity index (χ2n) is 4.84. The van der Waals surface area contributed by atoms with Gasteiger partial charge < -0.3 is 15.4 Å². The first-order valence-corrected chi connectivity index (χ1v) is 7.88. The number of nitrogens with zero attached hydrogens (tertiary/aromatic N) is 1. The summed E-state index contributed by atoms with van der Waals surface area (Å²) in [6.07, 6.45) is 6.69. The topological polar surface area (TPSA) is 46.2 Å². The summed E-state index contributed by atoms with van der Waals surface area (Å²) in [7, 11) is 0. The summed E-state index contributed by atoms with van der Waals surface area (Å²) >= 11 is 5.23. The summed E-state index contributed by atoms with van der Waals surface area (Å²) in [6, 6.07) is 13.7. The molecule has 0 amide bonds. The van der Waals surface area contributed by atoms with Crippen LogP contribution in [0.25, 0.3) is 0 Å². The Morgan fingerprint density at radius 3 is 2.55 bits per heavy atom. The third-order valence-corrected chi connectivity index (χ3v) is 3.30. The van der Waals surface area contributed by atoms with Gasteiger partial charge in [-0.3, -0.25) is 4.98 Å². The van der Waals surface area contributed by atoms with E-state index in [4.69, 9.17) is 17.0 Å². The fraction of sp³-hybridized carbons (Fsp3) is 0.294. The van der Waals surface area contributed by atoms with Crippen LogP contribution in [-0.4, -0.2) is 23.2 Å². The number of rotatable bonds is 8. The molecular weight excluding hydrogens is 294 g/mol. The van der Waals surface area contributed by atoms with E-state index in [-0.39, 0.29) is 0 Å². The Balaban J connectivity index is 1.48. The minimum atomic E-state index is 0.645. The number of pyridine rings is 1. The summed E-state index contributed by atoms with van der Waals surface area (Å²) < 4.78 is 5.65. The van der Waals surface area contributed by atoms with Crippen LogP contribution >= 0.6 is 12.2 Å². The number of unbranched alkanes of at least 4 members (excludes halogenated alkanes) is 2. The van der Waals surface area contributed by atoms with Gasteiger partial charge in [0.1, 0.15) is 5.75 Å². The van der Waals surface area contributed by atoms with E-state index in [2.05, 4.69) is 15.6 Å². The largest absolute Gasteiger partial charge is 0.494 e. The maximum Gasteiger partial charge on any atom is 0.170 e. The fourth-order valence-electron chi connectivity index (χ4n) is 1.92. The van der Waals surface area contributed by atoms with Crippen molar-refractivity contribution in [2.45, 2.75) is 19.3 Å². The highest BCUT2D eigenvalue weighted by Crippen LogP contribution is 2.09. The highest BCUT2D eigenvalue weighted by atomic mass is 32.1. The van der Waals surface area contributed by atoms with Gasteiger partial charge in [0.15, 0.2) is 5.11 Å². The predicted octanol–water partition coefficient (Wildman–Crippen LogP) is 3.62. The second-order valence-corrected chi connectivity index (χ2v) is 5.25. The summed E-state index contributed by atoms with van der Waals surface area (Å²) in [5, 5.41) is 6.97. The molecule has 0 saturated carbocycles. The zero-order valence-corrected chi connectivity index (χ0v) is 13.3. The molecule has 22 heavy (non-hydrogen) atoms. The van der Waals surface area contributed by atoms with E-state index in [0.29, 0.717) is 5.11 Å². The summed E-state index contributed by atoms with van der Waals surface area (Å²) in [5.41, 5.74) is 0.948. The number of aromatic nitrogens is 1. The molecule has 1 aromatic heterocycles. The molecule has 5 heteroatoms. The Bertz CT molecular complexity index is 548. The number of anilines is 1. The number of ether oxygens (including phenoxy) is 1. The molecule has 0 fully saturated rings. The fourth-order valence-corrected chi connectivity index (χ4v) is 2.14. The van der Waals surface area contributed by atoms with Gasteiger partial charge in [-0.2, -0.15) is 0 Å². The van der Waals surface area contributed by atoms with Gasteiger partial charge in [-0.25, -0.2) is 0 Å². The van der Waals surface area contributed by atoms with Crippen molar-refractivity contribution in [1.29, 1.82) is 0 Å². The number of hydrogen-bond donors (Lipinski definition) is 2. The number of nitrogens with one attached hydrogen (secondary N) is 2. The van der Waals surface area contributed by atoms with Gasteiger partial charge >= 0.3 is 0 Å². The number of hydrogen-bond acceptors (Lipinski definition) is 3. The number of thiocarbonyl (C=S) groups is 1. The molecule has 0 unspecified atom stereocenters. The lowest BCUT2D eigenvalue weighted by atomic mass is 10.2. The molecule has 0 atom stereocenters. The standard InChI is InChI=1S/C17H21N3OS/c22-17(20-15-9-12-18-13-10-15)19-11-5-2-6-14-21-16-7-3-1-4-8-16/h1,3-4,7-10,12-13H,2,5-6,11,14H2,(H2,18,19,20,22). The molecule has 4 nitrogen and oxygen atoms in total. The molecule has 0 bridgehead atoms. The second kappa shape index (κ2) is 9.73. The SMILES string of the molecule is S=C(NCCCCCOc1ccccc1)Nc1ccncc1. The van der Waals surface area contributed by atoms with Crippen LogP contribution in [0.15, 0.2) is 54.9 Å². The van der Waals surface area contributed by atoms with Crippen molar-refractivity contribution in [3.8, 4) is 5.75 Å². The highest BCUT2D eigenvalue weighted by molar-refractivity contribution is 7.80. The van der Waals surface area contributed by atoms with Crippen molar-refractivity contribution >= 4 is 23.0 Å². The van der Waals surface area contributed by atoms with E-state index in [1.165, 1.54) is 0 Å². The molecule has 2 rings (SSSR count). The summed E-state index contributed by atoms with van der Waals surface area (Å²) in [4.78, 5) is 3.96. The molecule has 0 aliphatic rings. The molecule has 0 radical (unpaired) electrons. The van der Waals surface area contributed by atoms with Crippen LogP contribution in [0.1, 0.15) is 19.3 Å². The van der Waals surface area contributed by atoms with E-state index >= 15 is 0 Å². The lowest BCUT2D eigenvalue weighted by Gasteiger charge is -2.10. The zero-order valence-electron chi connectivity index (χ0n) is 12.5. The molecule has 0 aliphatic heterocycles. The highest BCUT2D eigenvalue weighted by Gasteiger charge is 1.97. The van der Waals surface area contributed by atoms with E-state index < -0.39 is 0 Å². The van der Waals surface area contributed by atoms with Crippen LogP contribution < -0.4 is 15.4 Å². The minimum absolute atomic E-state index is 0.645. The average Bonchev–Trinajstić information content (AvgIpc) is 2.56. The first kappa shape index (κ1) is 16.2. The van der Waals surface area contributed by atoms with Crippen LogP contribution in [0.4, 0.5) is 5.69 Å². The van der Waals surface area contributed by atoms with Gasteiger partial charge in [-0.1, -0.05) is 18.2 Å². The van der Waals surface area contributed by atoms with Crippen molar-refractivity contribution < 1.29 is 4.74 Å².